The molecule has 0 aliphatic rings. The number of halogens is 1. The Hall–Kier alpha value is -1.16. The fourth-order valence-corrected chi connectivity index (χ4v) is 3.11. The lowest BCUT2D eigenvalue weighted by atomic mass is 9.86. The lowest BCUT2D eigenvalue weighted by molar-refractivity contribution is 0.146. The van der Waals surface area contributed by atoms with Gasteiger partial charge in [-0.1, -0.05) is 40.2 Å². The van der Waals surface area contributed by atoms with Gasteiger partial charge in [0.1, 0.15) is 0 Å². The monoisotopic (exact) mass is 347 g/mol. The van der Waals surface area contributed by atoms with E-state index in [2.05, 4.69) is 48.0 Å². The average Bonchev–Trinajstić information content (AvgIpc) is 2.43. The number of aliphatic hydroxyl groups excluding tert-OH is 1. The van der Waals surface area contributed by atoms with Crippen LogP contribution in [0.3, 0.4) is 0 Å². The van der Waals surface area contributed by atoms with Crippen LogP contribution in [0, 0.1) is 20.8 Å². The molecule has 0 aromatic heterocycles. The highest BCUT2D eigenvalue weighted by molar-refractivity contribution is 9.10. The van der Waals surface area contributed by atoms with Crippen LogP contribution < -0.4 is 5.73 Å². The topological polar surface area (TPSA) is 46.2 Å². The predicted molar refractivity (Wildman–Crippen MR) is 91.6 cm³/mol. The molecule has 0 aliphatic heterocycles. The molecule has 112 valence electrons. The first kappa shape index (κ1) is 16.2. The molecule has 0 spiro atoms. The van der Waals surface area contributed by atoms with E-state index in [-0.39, 0.29) is 5.92 Å². The summed E-state index contributed by atoms with van der Waals surface area (Å²) in [6, 6.07) is 12.2. The molecule has 0 amide bonds. The van der Waals surface area contributed by atoms with E-state index >= 15 is 0 Å². The molecule has 21 heavy (non-hydrogen) atoms. The molecule has 2 atom stereocenters. The number of nitrogens with two attached hydrogens (primary N) is 1. The molecule has 0 bridgehead atoms. The Kier molecular flexibility index (Phi) is 5.20. The highest BCUT2D eigenvalue weighted by Crippen LogP contribution is 2.33. The standard InChI is InChI=1S/C18H22BrNO/c1-11-4-5-14(8-12(11)2)17(10-20)18(21)16-7-6-15(19)9-13(16)3/h4-9,17-18,21H,10,20H2,1-3H3. The van der Waals surface area contributed by atoms with E-state index in [0.29, 0.717) is 6.54 Å². The van der Waals surface area contributed by atoms with Crippen LogP contribution >= 0.6 is 15.9 Å². The van der Waals surface area contributed by atoms with Crippen LogP contribution in [0.15, 0.2) is 40.9 Å². The van der Waals surface area contributed by atoms with Crippen molar-refractivity contribution in [3.63, 3.8) is 0 Å². The maximum atomic E-state index is 10.8. The van der Waals surface area contributed by atoms with Crippen LogP contribution in [0.25, 0.3) is 0 Å². The molecule has 3 N–H and O–H groups in total. The summed E-state index contributed by atoms with van der Waals surface area (Å²) in [5.41, 5.74) is 11.5. The number of rotatable bonds is 4. The molecule has 2 aromatic carbocycles. The van der Waals surface area contributed by atoms with Gasteiger partial charge in [0, 0.05) is 16.9 Å². The third-order valence-electron chi connectivity index (χ3n) is 4.14. The number of benzene rings is 2. The van der Waals surface area contributed by atoms with Crippen molar-refractivity contribution in [2.24, 2.45) is 5.73 Å². The second kappa shape index (κ2) is 6.73. The van der Waals surface area contributed by atoms with E-state index in [4.69, 9.17) is 5.73 Å². The zero-order chi connectivity index (χ0) is 15.6. The van der Waals surface area contributed by atoms with Crippen molar-refractivity contribution in [3.05, 3.63) is 68.7 Å². The maximum absolute atomic E-state index is 10.8. The van der Waals surface area contributed by atoms with Gasteiger partial charge in [-0.25, -0.2) is 0 Å². The van der Waals surface area contributed by atoms with E-state index in [1.54, 1.807) is 0 Å². The van der Waals surface area contributed by atoms with Crippen LogP contribution in [0.4, 0.5) is 0 Å². The molecule has 0 fully saturated rings. The molecule has 0 radical (unpaired) electrons. The van der Waals surface area contributed by atoms with Crippen molar-refractivity contribution in [1.82, 2.24) is 0 Å². The van der Waals surface area contributed by atoms with Gasteiger partial charge >= 0.3 is 0 Å². The van der Waals surface area contributed by atoms with Crippen LogP contribution in [-0.4, -0.2) is 11.7 Å². The smallest absolute Gasteiger partial charge is 0.0873 e. The Morgan fingerprint density at radius 3 is 2.29 bits per heavy atom. The molecule has 0 heterocycles. The number of aliphatic hydroxyl groups is 1. The maximum Gasteiger partial charge on any atom is 0.0873 e. The van der Waals surface area contributed by atoms with Gasteiger partial charge in [0.2, 0.25) is 0 Å². The fraction of sp³-hybridized carbons (Fsp3) is 0.333. The number of aryl methyl sites for hydroxylation is 3. The van der Waals surface area contributed by atoms with Crippen molar-refractivity contribution in [3.8, 4) is 0 Å². The first-order valence-electron chi connectivity index (χ1n) is 7.15. The number of hydrogen-bond donors (Lipinski definition) is 2. The minimum Gasteiger partial charge on any atom is -0.388 e. The number of hydrogen-bond acceptors (Lipinski definition) is 2. The van der Waals surface area contributed by atoms with Crippen LogP contribution in [-0.2, 0) is 0 Å². The summed E-state index contributed by atoms with van der Waals surface area (Å²) in [7, 11) is 0. The summed E-state index contributed by atoms with van der Waals surface area (Å²) in [4.78, 5) is 0. The summed E-state index contributed by atoms with van der Waals surface area (Å²) >= 11 is 3.46. The van der Waals surface area contributed by atoms with Crippen LogP contribution in [0.1, 0.15) is 39.8 Å². The Balaban J connectivity index is 2.37. The molecule has 2 rings (SSSR count). The predicted octanol–water partition coefficient (Wildman–Crippen LogP) is 4.15. The Labute approximate surface area is 135 Å². The zero-order valence-corrected chi connectivity index (χ0v) is 14.3. The summed E-state index contributed by atoms with van der Waals surface area (Å²) in [6.45, 7) is 6.60. The third-order valence-corrected chi connectivity index (χ3v) is 4.64. The first-order chi connectivity index (χ1) is 9.93. The SMILES string of the molecule is Cc1ccc(C(CN)C(O)c2ccc(Br)cc2C)cc1C. The highest BCUT2D eigenvalue weighted by Gasteiger charge is 2.23. The third kappa shape index (κ3) is 3.54. The van der Waals surface area contributed by atoms with Crippen molar-refractivity contribution in [2.75, 3.05) is 6.54 Å². The molecule has 3 heteroatoms. The van der Waals surface area contributed by atoms with Gasteiger partial charge in [-0.3, -0.25) is 0 Å². The van der Waals surface area contributed by atoms with Gasteiger partial charge in [0.15, 0.2) is 0 Å². The van der Waals surface area contributed by atoms with Gasteiger partial charge in [-0.15, -0.1) is 0 Å². The highest BCUT2D eigenvalue weighted by atomic mass is 79.9. The first-order valence-corrected chi connectivity index (χ1v) is 7.94. The van der Waals surface area contributed by atoms with E-state index in [9.17, 15) is 5.11 Å². The summed E-state index contributed by atoms with van der Waals surface area (Å²) in [6.07, 6.45) is -0.592. The summed E-state index contributed by atoms with van der Waals surface area (Å²) < 4.78 is 1.02. The molecule has 0 saturated heterocycles. The largest absolute Gasteiger partial charge is 0.388 e. The van der Waals surface area contributed by atoms with Crippen LogP contribution in [0.2, 0.25) is 0 Å². The molecule has 0 saturated carbocycles. The van der Waals surface area contributed by atoms with Gasteiger partial charge < -0.3 is 10.8 Å². The van der Waals surface area contributed by atoms with Gasteiger partial charge in [0.25, 0.3) is 0 Å². The lowest BCUT2D eigenvalue weighted by Crippen LogP contribution is -2.21. The van der Waals surface area contributed by atoms with Crippen molar-refractivity contribution >= 4 is 15.9 Å². The second-order valence-corrected chi connectivity index (χ2v) is 6.55. The van der Waals surface area contributed by atoms with E-state index in [1.807, 2.05) is 25.1 Å². The van der Waals surface area contributed by atoms with Gasteiger partial charge in [0.05, 0.1) is 6.10 Å². The molecular formula is C18H22BrNO. The normalized spacial score (nSPS) is 14.0. The molecule has 2 nitrogen and oxygen atoms in total. The van der Waals surface area contributed by atoms with E-state index < -0.39 is 6.10 Å². The average molecular weight is 348 g/mol. The lowest BCUT2D eigenvalue weighted by Gasteiger charge is -2.24. The fourth-order valence-electron chi connectivity index (χ4n) is 2.63. The van der Waals surface area contributed by atoms with Crippen molar-refractivity contribution in [2.45, 2.75) is 32.8 Å². The van der Waals surface area contributed by atoms with Crippen molar-refractivity contribution < 1.29 is 5.11 Å². The Bertz CT molecular complexity index is 639. The molecule has 2 unspecified atom stereocenters. The van der Waals surface area contributed by atoms with Gasteiger partial charge in [-0.2, -0.15) is 0 Å². The quantitative estimate of drug-likeness (QED) is 0.872. The summed E-state index contributed by atoms with van der Waals surface area (Å²) in [5, 5.41) is 10.8. The Morgan fingerprint density at radius 1 is 1.00 bits per heavy atom. The molecule has 2 aromatic rings. The Morgan fingerprint density at radius 2 is 1.71 bits per heavy atom. The summed E-state index contributed by atoms with van der Waals surface area (Å²) in [5.74, 6) is -0.0934. The molecular weight excluding hydrogens is 326 g/mol. The second-order valence-electron chi connectivity index (χ2n) is 5.63. The minimum atomic E-state index is -0.592. The van der Waals surface area contributed by atoms with Gasteiger partial charge in [-0.05, 0) is 60.7 Å². The van der Waals surface area contributed by atoms with E-state index in [0.717, 1.165) is 21.2 Å². The molecule has 0 aliphatic carbocycles. The van der Waals surface area contributed by atoms with Crippen LogP contribution in [0.5, 0.6) is 0 Å². The van der Waals surface area contributed by atoms with Crippen molar-refractivity contribution in [1.29, 1.82) is 0 Å². The zero-order valence-electron chi connectivity index (χ0n) is 12.7. The van der Waals surface area contributed by atoms with E-state index in [1.165, 1.54) is 11.1 Å². The minimum absolute atomic E-state index is 0.0934.